The second-order valence-electron chi connectivity index (χ2n) is 6.67. The number of nitrogens with two attached hydrogens (primary N) is 1. The Bertz CT molecular complexity index is 455. The molecule has 0 aliphatic carbocycles. The topological polar surface area (TPSA) is 43.1 Å². The summed E-state index contributed by atoms with van der Waals surface area (Å²) in [6, 6.07) is 0. The van der Waals surface area contributed by atoms with Gasteiger partial charge in [0.25, 0.3) is 0 Å². The van der Waals surface area contributed by atoms with Gasteiger partial charge in [-0.1, -0.05) is 126 Å². The van der Waals surface area contributed by atoms with Gasteiger partial charge in [0.2, 0.25) is 5.91 Å². The summed E-state index contributed by atoms with van der Waals surface area (Å²) >= 11 is 0. The molecule has 2 N–H and O–H groups in total. The summed E-state index contributed by atoms with van der Waals surface area (Å²) in [7, 11) is 0. The second kappa shape index (κ2) is 21.2. The molecular formula is C24H39NO. The van der Waals surface area contributed by atoms with E-state index in [0.717, 1.165) is 0 Å². The molecule has 0 aromatic rings. The number of carbonyl (C=O) groups excluding carboxylic acids is 1. The molecule has 0 spiro atoms. The molecule has 0 aromatic carbocycles. The Hall–Kier alpha value is -1.83. The Labute approximate surface area is 161 Å². The normalized spacial score (nSPS) is 12.7. The Morgan fingerprint density at radius 3 is 1.54 bits per heavy atom. The minimum absolute atomic E-state index is 0.429. The van der Waals surface area contributed by atoms with Crippen LogP contribution in [0.4, 0.5) is 0 Å². The van der Waals surface area contributed by atoms with E-state index in [9.17, 15) is 4.79 Å². The predicted molar refractivity (Wildman–Crippen MR) is 116 cm³/mol. The van der Waals surface area contributed by atoms with Gasteiger partial charge in [-0.25, -0.2) is 0 Å². The highest BCUT2D eigenvalue weighted by Gasteiger charge is 1.92. The molecule has 0 saturated heterocycles. The van der Waals surface area contributed by atoms with Crippen molar-refractivity contribution < 1.29 is 4.79 Å². The van der Waals surface area contributed by atoms with Gasteiger partial charge >= 0.3 is 0 Å². The number of carbonyl (C=O) groups is 1. The van der Waals surface area contributed by atoms with Crippen LogP contribution in [-0.2, 0) is 4.79 Å². The summed E-state index contributed by atoms with van der Waals surface area (Å²) in [5.41, 5.74) is 4.98. The number of hydrogen-bond donors (Lipinski definition) is 1. The molecule has 0 rings (SSSR count). The molecule has 26 heavy (non-hydrogen) atoms. The highest BCUT2D eigenvalue weighted by Crippen LogP contribution is 2.11. The first-order valence-corrected chi connectivity index (χ1v) is 10.4. The van der Waals surface area contributed by atoms with E-state index in [4.69, 9.17) is 5.73 Å². The lowest BCUT2D eigenvalue weighted by Gasteiger charge is -2.01. The standard InChI is InChI=1S/C24H39NO/c1-2-3-4-5-6-7-8-9-10-11-12-13-14-15-16-17-18-19-20-21-22-23-24(25)26/h14-23H,2-13H2,1H3,(H2,25,26)/b15-14+,17-16+,19-18+,21-20+,23-22+. The van der Waals surface area contributed by atoms with Gasteiger partial charge in [-0.05, 0) is 12.8 Å². The Morgan fingerprint density at radius 1 is 0.615 bits per heavy atom. The van der Waals surface area contributed by atoms with Gasteiger partial charge in [0.1, 0.15) is 0 Å². The number of unbranched alkanes of at least 4 members (excludes halogenated alkanes) is 11. The molecule has 0 heterocycles. The van der Waals surface area contributed by atoms with Gasteiger partial charge in [0.15, 0.2) is 0 Å². The summed E-state index contributed by atoms with van der Waals surface area (Å²) in [4.78, 5) is 10.5. The largest absolute Gasteiger partial charge is 0.366 e. The van der Waals surface area contributed by atoms with Crippen molar-refractivity contribution in [3.05, 3.63) is 60.8 Å². The third-order valence-electron chi connectivity index (χ3n) is 4.15. The smallest absolute Gasteiger partial charge is 0.241 e. The number of primary amides is 1. The molecule has 0 aliphatic heterocycles. The van der Waals surface area contributed by atoms with E-state index in [2.05, 4.69) is 19.1 Å². The van der Waals surface area contributed by atoms with Crippen LogP contribution in [0.15, 0.2) is 60.8 Å². The maximum Gasteiger partial charge on any atom is 0.241 e. The molecule has 0 aliphatic rings. The molecule has 0 fully saturated rings. The van der Waals surface area contributed by atoms with E-state index < -0.39 is 5.91 Å². The van der Waals surface area contributed by atoms with Crippen LogP contribution in [0, 0.1) is 0 Å². The van der Waals surface area contributed by atoms with Crippen LogP contribution in [-0.4, -0.2) is 5.91 Å². The van der Waals surface area contributed by atoms with E-state index in [1.807, 2.05) is 30.4 Å². The van der Waals surface area contributed by atoms with Crippen molar-refractivity contribution in [2.45, 2.75) is 84.0 Å². The van der Waals surface area contributed by atoms with Crippen molar-refractivity contribution in [2.75, 3.05) is 0 Å². The minimum atomic E-state index is -0.429. The zero-order chi connectivity index (χ0) is 19.1. The third kappa shape index (κ3) is 22.2. The highest BCUT2D eigenvalue weighted by molar-refractivity contribution is 5.85. The quantitative estimate of drug-likeness (QED) is 0.171. The maximum absolute atomic E-state index is 10.5. The van der Waals surface area contributed by atoms with Gasteiger partial charge in [-0.2, -0.15) is 0 Å². The Morgan fingerprint density at radius 2 is 1.04 bits per heavy atom. The van der Waals surface area contributed by atoms with E-state index in [0.29, 0.717) is 0 Å². The number of amides is 1. The van der Waals surface area contributed by atoms with Gasteiger partial charge in [0.05, 0.1) is 0 Å². The Kier molecular flexibility index (Phi) is 19.7. The van der Waals surface area contributed by atoms with E-state index in [-0.39, 0.29) is 0 Å². The average Bonchev–Trinajstić information content (AvgIpc) is 2.62. The molecule has 2 nitrogen and oxygen atoms in total. The summed E-state index contributed by atoms with van der Waals surface area (Å²) in [6.45, 7) is 2.27. The predicted octanol–water partition coefficient (Wildman–Crippen LogP) is 6.95. The molecule has 0 unspecified atom stereocenters. The monoisotopic (exact) mass is 357 g/mol. The van der Waals surface area contributed by atoms with Gasteiger partial charge < -0.3 is 5.73 Å². The third-order valence-corrected chi connectivity index (χ3v) is 4.15. The summed E-state index contributed by atoms with van der Waals surface area (Å²) in [6.07, 6.45) is 35.4. The van der Waals surface area contributed by atoms with Gasteiger partial charge in [0, 0.05) is 6.08 Å². The fraction of sp³-hybridized carbons (Fsp3) is 0.542. The Balaban J connectivity index is 3.38. The lowest BCUT2D eigenvalue weighted by Crippen LogP contribution is -2.04. The van der Waals surface area contributed by atoms with Crippen LogP contribution in [0.3, 0.4) is 0 Å². The van der Waals surface area contributed by atoms with Gasteiger partial charge in [-0.3, -0.25) is 4.79 Å². The first-order chi connectivity index (χ1) is 12.8. The van der Waals surface area contributed by atoms with E-state index in [1.165, 1.54) is 83.1 Å². The van der Waals surface area contributed by atoms with Crippen molar-refractivity contribution in [2.24, 2.45) is 5.73 Å². The number of hydrogen-bond acceptors (Lipinski definition) is 1. The minimum Gasteiger partial charge on any atom is -0.366 e. The molecule has 2 heteroatoms. The van der Waals surface area contributed by atoms with E-state index in [1.54, 1.807) is 12.2 Å². The van der Waals surface area contributed by atoms with Crippen LogP contribution in [0.25, 0.3) is 0 Å². The van der Waals surface area contributed by atoms with Crippen LogP contribution < -0.4 is 5.73 Å². The van der Waals surface area contributed by atoms with Crippen molar-refractivity contribution in [3.63, 3.8) is 0 Å². The second-order valence-corrected chi connectivity index (χ2v) is 6.67. The highest BCUT2D eigenvalue weighted by atomic mass is 16.1. The molecule has 0 saturated carbocycles. The first kappa shape index (κ1) is 24.2. The fourth-order valence-electron chi connectivity index (χ4n) is 2.64. The molecule has 0 bridgehead atoms. The molecule has 0 atom stereocenters. The SMILES string of the molecule is CCCCCCCCCCCCC/C=C/C=C/C=C/C=C/C=C/C(N)=O. The summed E-state index contributed by atoms with van der Waals surface area (Å²) in [5.74, 6) is -0.429. The number of rotatable bonds is 17. The lowest BCUT2D eigenvalue weighted by molar-refractivity contribution is -0.113. The maximum atomic E-state index is 10.5. The zero-order valence-electron chi connectivity index (χ0n) is 16.7. The fourth-order valence-corrected chi connectivity index (χ4v) is 2.64. The van der Waals surface area contributed by atoms with Crippen molar-refractivity contribution in [1.82, 2.24) is 0 Å². The van der Waals surface area contributed by atoms with Crippen molar-refractivity contribution >= 4 is 5.91 Å². The van der Waals surface area contributed by atoms with Crippen molar-refractivity contribution in [1.29, 1.82) is 0 Å². The summed E-state index contributed by atoms with van der Waals surface area (Å²) in [5, 5.41) is 0. The van der Waals surface area contributed by atoms with Crippen LogP contribution in [0.2, 0.25) is 0 Å². The van der Waals surface area contributed by atoms with E-state index >= 15 is 0 Å². The van der Waals surface area contributed by atoms with Crippen LogP contribution >= 0.6 is 0 Å². The summed E-state index contributed by atoms with van der Waals surface area (Å²) < 4.78 is 0. The van der Waals surface area contributed by atoms with Gasteiger partial charge in [-0.15, -0.1) is 0 Å². The lowest BCUT2D eigenvalue weighted by atomic mass is 10.1. The zero-order valence-corrected chi connectivity index (χ0v) is 16.7. The number of allylic oxidation sites excluding steroid dienone is 9. The molecule has 0 radical (unpaired) electrons. The molecular weight excluding hydrogens is 318 g/mol. The van der Waals surface area contributed by atoms with Crippen molar-refractivity contribution in [3.8, 4) is 0 Å². The molecule has 146 valence electrons. The van der Waals surface area contributed by atoms with Crippen LogP contribution in [0.5, 0.6) is 0 Å². The van der Waals surface area contributed by atoms with Crippen LogP contribution in [0.1, 0.15) is 84.0 Å². The molecule has 0 aromatic heterocycles. The molecule has 1 amide bonds. The average molecular weight is 358 g/mol. The first-order valence-electron chi connectivity index (χ1n) is 10.4.